The van der Waals surface area contributed by atoms with Crippen molar-refractivity contribution in [2.24, 2.45) is 5.41 Å². The minimum Gasteiger partial charge on any atom is -0.319 e. The zero-order chi connectivity index (χ0) is 13.6. The second kappa shape index (κ2) is 7.46. The van der Waals surface area contributed by atoms with Crippen LogP contribution in [0.2, 0.25) is 0 Å². The van der Waals surface area contributed by atoms with E-state index in [0.717, 1.165) is 12.6 Å². The Balaban J connectivity index is 2.38. The molecule has 0 spiro atoms. The molecule has 3 heteroatoms. The summed E-state index contributed by atoms with van der Waals surface area (Å²) in [6.07, 6.45) is 2.52. The van der Waals surface area contributed by atoms with E-state index in [1.807, 2.05) is 0 Å². The van der Waals surface area contributed by atoms with Crippen molar-refractivity contribution in [3.63, 3.8) is 0 Å². The molecule has 1 aliphatic heterocycles. The smallest absolute Gasteiger partial charge is 0.0113 e. The Morgan fingerprint density at radius 2 is 1.78 bits per heavy atom. The predicted molar refractivity (Wildman–Crippen MR) is 80.1 cm³/mol. The first kappa shape index (κ1) is 15.9. The van der Waals surface area contributed by atoms with Crippen LogP contribution in [-0.4, -0.2) is 62.2 Å². The van der Waals surface area contributed by atoms with Gasteiger partial charge in [0.05, 0.1) is 0 Å². The van der Waals surface area contributed by atoms with Gasteiger partial charge in [0.25, 0.3) is 0 Å². The summed E-state index contributed by atoms with van der Waals surface area (Å²) in [5.74, 6) is 0. The fourth-order valence-corrected chi connectivity index (χ4v) is 2.88. The normalized spacial score (nSPS) is 23.8. The molecule has 108 valence electrons. The number of hydrogen-bond donors (Lipinski definition) is 1. The molecule has 0 radical (unpaired) electrons. The summed E-state index contributed by atoms with van der Waals surface area (Å²) in [7, 11) is 2.06. The first-order chi connectivity index (χ1) is 8.54. The third-order valence-electron chi connectivity index (χ3n) is 4.68. The molecule has 3 nitrogen and oxygen atoms in total. The van der Waals surface area contributed by atoms with Gasteiger partial charge < -0.3 is 10.2 Å². The third kappa shape index (κ3) is 4.52. The Hall–Kier alpha value is -0.120. The van der Waals surface area contributed by atoms with Crippen LogP contribution in [-0.2, 0) is 0 Å². The summed E-state index contributed by atoms with van der Waals surface area (Å²) in [6, 6.07) is 0.752. The van der Waals surface area contributed by atoms with Crippen LogP contribution >= 0.6 is 0 Å². The van der Waals surface area contributed by atoms with E-state index in [-0.39, 0.29) is 0 Å². The summed E-state index contributed by atoms with van der Waals surface area (Å²) in [5.41, 5.74) is 0.424. The molecule has 1 heterocycles. The van der Waals surface area contributed by atoms with E-state index in [9.17, 15) is 0 Å². The van der Waals surface area contributed by atoms with Gasteiger partial charge in [-0.1, -0.05) is 20.8 Å². The fraction of sp³-hybridized carbons (Fsp3) is 1.00. The van der Waals surface area contributed by atoms with E-state index in [2.05, 4.69) is 49.9 Å². The molecule has 0 aliphatic carbocycles. The molecule has 0 aromatic heterocycles. The molecule has 1 fully saturated rings. The van der Waals surface area contributed by atoms with Gasteiger partial charge >= 0.3 is 0 Å². The predicted octanol–water partition coefficient (Wildman–Crippen LogP) is 2.04. The second-order valence-electron chi connectivity index (χ2n) is 6.26. The molecule has 1 rings (SSSR count). The molecule has 0 aromatic carbocycles. The van der Waals surface area contributed by atoms with Gasteiger partial charge in [-0.05, 0) is 32.2 Å². The highest BCUT2D eigenvalue weighted by Crippen LogP contribution is 2.22. The van der Waals surface area contributed by atoms with E-state index in [4.69, 9.17) is 0 Å². The zero-order valence-electron chi connectivity index (χ0n) is 13.1. The molecule has 1 aliphatic rings. The fourth-order valence-electron chi connectivity index (χ4n) is 2.88. The Labute approximate surface area is 114 Å². The molecular formula is C15H33N3. The van der Waals surface area contributed by atoms with Crippen LogP contribution in [0.1, 0.15) is 40.5 Å². The van der Waals surface area contributed by atoms with Crippen molar-refractivity contribution in [3.05, 3.63) is 0 Å². The van der Waals surface area contributed by atoms with Crippen LogP contribution < -0.4 is 5.32 Å². The van der Waals surface area contributed by atoms with Gasteiger partial charge in [-0.15, -0.1) is 0 Å². The minimum absolute atomic E-state index is 0.424. The van der Waals surface area contributed by atoms with Gasteiger partial charge in [-0.3, -0.25) is 4.90 Å². The standard InChI is InChI=1S/C15H33N3/c1-6-14(3)18-10-8-17(9-11-18)13-15(4,7-2)12-16-5/h14,16H,6-13H2,1-5H3. The van der Waals surface area contributed by atoms with E-state index in [1.165, 1.54) is 45.6 Å². The Morgan fingerprint density at radius 1 is 1.17 bits per heavy atom. The largest absolute Gasteiger partial charge is 0.319 e. The molecule has 1 N–H and O–H groups in total. The number of hydrogen-bond acceptors (Lipinski definition) is 3. The van der Waals surface area contributed by atoms with Gasteiger partial charge in [0.15, 0.2) is 0 Å². The molecule has 18 heavy (non-hydrogen) atoms. The topological polar surface area (TPSA) is 18.5 Å². The Morgan fingerprint density at radius 3 is 2.22 bits per heavy atom. The number of nitrogens with one attached hydrogen (secondary N) is 1. The van der Waals surface area contributed by atoms with E-state index < -0.39 is 0 Å². The van der Waals surface area contributed by atoms with Crippen LogP contribution in [0.5, 0.6) is 0 Å². The third-order valence-corrected chi connectivity index (χ3v) is 4.68. The van der Waals surface area contributed by atoms with Crippen molar-refractivity contribution in [1.29, 1.82) is 0 Å². The second-order valence-corrected chi connectivity index (χ2v) is 6.26. The molecule has 0 saturated carbocycles. The number of nitrogens with zero attached hydrogens (tertiary/aromatic N) is 2. The zero-order valence-corrected chi connectivity index (χ0v) is 13.1. The quantitative estimate of drug-likeness (QED) is 0.751. The van der Waals surface area contributed by atoms with Crippen LogP contribution in [0, 0.1) is 5.41 Å². The molecular weight excluding hydrogens is 222 g/mol. The van der Waals surface area contributed by atoms with Crippen LogP contribution in [0.4, 0.5) is 0 Å². The minimum atomic E-state index is 0.424. The number of piperazine rings is 1. The summed E-state index contributed by atoms with van der Waals surface area (Å²) < 4.78 is 0. The van der Waals surface area contributed by atoms with Gasteiger partial charge in [-0.2, -0.15) is 0 Å². The summed E-state index contributed by atoms with van der Waals surface area (Å²) >= 11 is 0. The van der Waals surface area contributed by atoms with Crippen molar-refractivity contribution >= 4 is 0 Å². The van der Waals surface area contributed by atoms with Gasteiger partial charge in [0.1, 0.15) is 0 Å². The first-order valence-corrected chi connectivity index (χ1v) is 7.65. The van der Waals surface area contributed by atoms with Crippen molar-refractivity contribution in [3.8, 4) is 0 Å². The van der Waals surface area contributed by atoms with Crippen molar-refractivity contribution in [2.75, 3.05) is 46.3 Å². The maximum atomic E-state index is 3.35. The maximum absolute atomic E-state index is 3.35. The molecule has 1 saturated heterocycles. The highest BCUT2D eigenvalue weighted by molar-refractivity contribution is 4.83. The summed E-state index contributed by atoms with van der Waals surface area (Å²) in [5, 5.41) is 3.35. The molecule has 2 atom stereocenters. The highest BCUT2D eigenvalue weighted by atomic mass is 15.3. The van der Waals surface area contributed by atoms with Crippen molar-refractivity contribution < 1.29 is 0 Å². The average Bonchev–Trinajstić information content (AvgIpc) is 2.39. The SMILES string of the molecule is CCC(C)N1CCN(CC(C)(CC)CNC)CC1. The van der Waals surface area contributed by atoms with Gasteiger partial charge in [0.2, 0.25) is 0 Å². The molecule has 0 aromatic rings. The number of rotatable bonds is 7. The molecule has 2 unspecified atom stereocenters. The monoisotopic (exact) mass is 255 g/mol. The van der Waals surface area contributed by atoms with E-state index in [1.54, 1.807) is 0 Å². The summed E-state index contributed by atoms with van der Waals surface area (Å²) in [6.45, 7) is 16.7. The Kier molecular flexibility index (Phi) is 6.61. The first-order valence-electron chi connectivity index (χ1n) is 7.65. The highest BCUT2D eigenvalue weighted by Gasteiger charge is 2.27. The van der Waals surface area contributed by atoms with Gasteiger partial charge in [0, 0.05) is 45.3 Å². The lowest BCUT2D eigenvalue weighted by atomic mass is 9.86. The van der Waals surface area contributed by atoms with Crippen molar-refractivity contribution in [2.45, 2.75) is 46.6 Å². The van der Waals surface area contributed by atoms with E-state index >= 15 is 0 Å². The van der Waals surface area contributed by atoms with Crippen LogP contribution in [0.25, 0.3) is 0 Å². The lowest BCUT2D eigenvalue weighted by molar-refractivity contribution is 0.0693. The van der Waals surface area contributed by atoms with Crippen LogP contribution in [0.15, 0.2) is 0 Å². The Bertz CT molecular complexity index is 224. The van der Waals surface area contributed by atoms with Crippen molar-refractivity contribution in [1.82, 2.24) is 15.1 Å². The van der Waals surface area contributed by atoms with E-state index in [0.29, 0.717) is 5.41 Å². The maximum Gasteiger partial charge on any atom is 0.0113 e. The lowest BCUT2D eigenvalue weighted by Crippen LogP contribution is -2.52. The summed E-state index contributed by atoms with van der Waals surface area (Å²) in [4.78, 5) is 5.29. The van der Waals surface area contributed by atoms with Gasteiger partial charge in [-0.25, -0.2) is 0 Å². The van der Waals surface area contributed by atoms with Crippen LogP contribution in [0.3, 0.4) is 0 Å². The average molecular weight is 255 g/mol. The molecule has 0 amide bonds. The lowest BCUT2D eigenvalue weighted by Gasteiger charge is -2.41. The molecule has 0 bridgehead atoms.